The van der Waals surface area contributed by atoms with Crippen LogP contribution in [0, 0.1) is 0 Å². The molecule has 1 aromatic carbocycles. The monoisotopic (exact) mass is 378 g/mol. The van der Waals surface area contributed by atoms with E-state index in [-0.39, 0.29) is 11.5 Å². The van der Waals surface area contributed by atoms with Crippen LogP contribution in [0.25, 0.3) is 16.6 Å². The summed E-state index contributed by atoms with van der Waals surface area (Å²) in [5, 5.41) is 0.470. The van der Waals surface area contributed by atoms with Crippen molar-refractivity contribution in [1.29, 1.82) is 0 Å². The Kier molecular flexibility index (Phi) is 5.06. The number of nitrogens with zero attached hydrogens (tertiary/aromatic N) is 4. The number of pyridine rings is 1. The Morgan fingerprint density at radius 3 is 2.57 bits per heavy atom. The molecule has 0 unspecified atom stereocenters. The second-order valence-electron chi connectivity index (χ2n) is 6.77. The van der Waals surface area contributed by atoms with Gasteiger partial charge in [-0.2, -0.15) is 0 Å². The number of hydrogen-bond acceptors (Lipinski definition) is 6. The molecule has 2 aromatic heterocycles. The van der Waals surface area contributed by atoms with Crippen LogP contribution in [0.5, 0.6) is 0 Å². The van der Waals surface area contributed by atoms with E-state index >= 15 is 0 Å². The van der Waals surface area contributed by atoms with Crippen LogP contribution in [0.2, 0.25) is 0 Å². The summed E-state index contributed by atoms with van der Waals surface area (Å²) in [6.07, 6.45) is 6.84. The number of piperidine rings is 1. The van der Waals surface area contributed by atoms with Crippen molar-refractivity contribution in [3.8, 4) is 5.69 Å². The van der Waals surface area contributed by atoms with Gasteiger partial charge in [0, 0.05) is 31.2 Å². The van der Waals surface area contributed by atoms with Crippen molar-refractivity contribution in [2.75, 3.05) is 24.6 Å². The van der Waals surface area contributed by atoms with Gasteiger partial charge in [-0.3, -0.25) is 9.36 Å². The molecular formula is C21H22N4O3. The van der Waals surface area contributed by atoms with Crippen LogP contribution in [-0.2, 0) is 4.74 Å². The fourth-order valence-electron chi connectivity index (χ4n) is 3.44. The van der Waals surface area contributed by atoms with E-state index in [1.807, 2.05) is 6.07 Å². The van der Waals surface area contributed by atoms with Gasteiger partial charge >= 0.3 is 5.97 Å². The summed E-state index contributed by atoms with van der Waals surface area (Å²) in [5.74, 6) is 0.307. The normalized spacial score (nSPS) is 14.2. The van der Waals surface area contributed by atoms with E-state index in [2.05, 4.69) is 14.9 Å². The minimum atomic E-state index is -0.376. The molecule has 3 heterocycles. The lowest BCUT2D eigenvalue weighted by atomic mass is 10.1. The standard InChI is InChI=1S/C21H22N4O3/c1-2-28-20(27)15-6-8-16(9-7-15)25-13-10-18-17(19(25)26)14-22-21(23-18)24-11-4-3-5-12-24/h6-10,13-14H,2-5,11-12H2,1H3. The van der Waals surface area contributed by atoms with E-state index in [1.165, 1.54) is 11.0 Å². The zero-order valence-electron chi connectivity index (χ0n) is 15.8. The number of carbonyl (C=O) groups is 1. The molecule has 1 aliphatic rings. The molecule has 0 amide bonds. The van der Waals surface area contributed by atoms with Crippen LogP contribution in [0.15, 0.2) is 47.5 Å². The molecule has 0 atom stereocenters. The lowest BCUT2D eigenvalue weighted by Gasteiger charge is -2.26. The molecule has 28 heavy (non-hydrogen) atoms. The molecule has 0 N–H and O–H groups in total. The van der Waals surface area contributed by atoms with E-state index in [4.69, 9.17) is 4.74 Å². The van der Waals surface area contributed by atoms with Crippen molar-refractivity contribution in [3.63, 3.8) is 0 Å². The van der Waals surface area contributed by atoms with Crippen LogP contribution in [0.4, 0.5) is 5.95 Å². The van der Waals surface area contributed by atoms with Gasteiger partial charge in [-0.15, -0.1) is 0 Å². The van der Waals surface area contributed by atoms with E-state index in [0.717, 1.165) is 25.9 Å². The lowest BCUT2D eigenvalue weighted by molar-refractivity contribution is 0.0526. The molecule has 1 fully saturated rings. The third-order valence-corrected chi connectivity index (χ3v) is 4.93. The largest absolute Gasteiger partial charge is 0.462 e. The molecule has 7 nitrogen and oxygen atoms in total. The first-order valence-electron chi connectivity index (χ1n) is 9.58. The Bertz CT molecular complexity index is 1050. The van der Waals surface area contributed by atoms with Crippen LogP contribution >= 0.6 is 0 Å². The molecule has 0 saturated carbocycles. The average molecular weight is 378 g/mol. The smallest absolute Gasteiger partial charge is 0.338 e. The Hall–Kier alpha value is -3.22. The number of aromatic nitrogens is 3. The first-order chi connectivity index (χ1) is 13.7. The number of carbonyl (C=O) groups excluding carboxylic acids is 1. The minimum absolute atomic E-state index is 0.188. The van der Waals surface area contributed by atoms with Crippen LogP contribution < -0.4 is 10.5 Å². The summed E-state index contributed by atoms with van der Waals surface area (Å²) < 4.78 is 6.52. The predicted molar refractivity (Wildman–Crippen MR) is 107 cm³/mol. The highest BCUT2D eigenvalue weighted by atomic mass is 16.5. The molecule has 0 spiro atoms. The second-order valence-corrected chi connectivity index (χ2v) is 6.77. The maximum atomic E-state index is 12.9. The minimum Gasteiger partial charge on any atom is -0.462 e. The molecule has 3 aromatic rings. The van der Waals surface area contributed by atoms with Gasteiger partial charge in [0.2, 0.25) is 5.95 Å². The van der Waals surface area contributed by atoms with Crippen molar-refractivity contribution < 1.29 is 9.53 Å². The number of benzene rings is 1. The Morgan fingerprint density at radius 2 is 1.86 bits per heavy atom. The molecule has 1 aliphatic heterocycles. The zero-order valence-corrected chi connectivity index (χ0v) is 15.8. The maximum absolute atomic E-state index is 12.9. The second kappa shape index (κ2) is 7.80. The van der Waals surface area contributed by atoms with E-state index in [9.17, 15) is 9.59 Å². The van der Waals surface area contributed by atoms with Gasteiger partial charge in [-0.05, 0) is 56.5 Å². The van der Waals surface area contributed by atoms with Gasteiger partial charge in [-0.1, -0.05) is 0 Å². The number of rotatable bonds is 4. The highest BCUT2D eigenvalue weighted by molar-refractivity contribution is 5.89. The molecule has 7 heteroatoms. The van der Waals surface area contributed by atoms with E-state index in [0.29, 0.717) is 34.7 Å². The summed E-state index contributed by atoms with van der Waals surface area (Å²) in [6.45, 7) is 3.99. The van der Waals surface area contributed by atoms with Crippen molar-refractivity contribution >= 4 is 22.8 Å². The van der Waals surface area contributed by atoms with Crippen LogP contribution in [0.1, 0.15) is 36.5 Å². The summed E-state index contributed by atoms with van der Waals surface area (Å²) >= 11 is 0. The lowest BCUT2D eigenvalue weighted by Crippen LogP contribution is -2.31. The highest BCUT2D eigenvalue weighted by Gasteiger charge is 2.15. The third-order valence-electron chi connectivity index (χ3n) is 4.93. The van der Waals surface area contributed by atoms with Gasteiger partial charge in [-0.25, -0.2) is 14.8 Å². The molecule has 4 rings (SSSR count). The Labute approximate surface area is 162 Å². The fraction of sp³-hybridized carbons (Fsp3) is 0.333. The topological polar surface area (TPSA) is 77.3 Å². The summed E-state index contributed by atoms with van der Waals surface area (Å²) in [5.41, 5.74) is 1.57. The Morgan fingerprint density at radius 1 is 1.11 bits per heavy atom. The van der Waals surface area contributed by atoms with Crippen LogP contribution in [0.3, 0.4) is 0 Å². The molecule has 0 bridgehead atoms. The molecular weight excluding hydrogens is 356 g/mol. The van der Waals surface area contributed by atoms with Crippen molar-refractivity contribution in [1.82, 2.24) is 14.5 Å². The SMILES string of the molecule is CCOC(=O)c1ccc(-n2ccc3nc(N4CCCCC4)ncc3c2=O)cc1. The van der Waals surface area contributed by atoms with Crippen molar-refractivity contribution in [3.05, 3.63) is 58.6 Å². The van der Waals surface area contributed by atoms with Gasteiger partial charge < -0.3 is 9.64 Å². The van der Waals surface area contributed by atoms with Gasteiger partial charge in [0.25, 0.3) is 5.56 Å². The van der Waals surface area contributed by atoms with E-state index < -0.39 is 0 Å². The van der Waals surface area contributed by atoms with E-state index in [1.54, 1.807) is 43.6 Å². The quantitative estimate of drug-likeness (QED) is 0.650. The summed E-state index contributed by atoms with van der Waals surface area (Å²) in [6, 6.07) is 8.58. The van der Waals surface area contributed by atoms with Gasteiger partial charge in [0.15, 0.2) is 0 Å². The third kappa shape index (κ3) is 3.47. The summed E-state index contributed by atoms with van der Waals surface area (Å²) in [4.78, 5) is 35.9. The summed E-state index contributed by atoms with van der Waals surface area (Å²) in [7, 11) is 0. The fourth-order valence-corrected chi connectivity index (χ4v) is 3.44. The van der Waals surface area contributed by atoms with Crippen molar-refractivity contribution in [2.45, 2.75) is 26.2 Å². The zero-order chi connectivity index (χ0) is 19.5. The van der Waals surface area contributed by atoms with Gasteiger partial charge in [0.1, 0.15) is 0 Å². The molecule has 144 valence electrons. The first kappa shape index (κ1) is 18.2. The average Bonchev–Trinajstić information content (AvgIpc) is 2.75. The molecule has 0 radical (unpaired) electrons. The maximum Gasteiger partial charge on any atom is 0.338 e. The van der Waals surface area contributed by atoms with Gasteiger partial charge in [0.05, 0.1) is 23.1 Å². The number of ether oxygens (including phenoxy) is 1. The number of esters is 1. The first-order valence-corrected chi connectivity index (χ1v) is 9.58. The number of fused-ring (bicyclic) bond motifs is 1. The highest BCUT2D eigenvalue weighted by Crippen LogP contribution is 2.18. The van der Waals surface area contributed by atoms with Crippen LogP contribution in [-0.4, -0.2) is 40.2 Å². The Balaban J connectivity index is 1.66. The van der Waals surface area contributed by atoms with Crippen molar-refractivity contribution in [2.24, 2.45) is 0 Å². The molecule has 0 aliphatic carbocycles. The number of hydrogen-bond donors (Lipinski definition) is 0. The molecule has 1 saturated heterocycles. The predicted octanol–water partition coefficient (Wildman–Crippen LogP) is 2.95. The number of anilines is 1.